The van der Waals surface area contributed by atoms with E-state index in [1.54, 1.807) is 0 Å². The molecule has 0 bridgehead atoms. The molecule has 1 amide bonds. The van der Waals surface area contributed by atoms with Crippen molar-refractivity contribution in [2.24, 2.45) is 11.5 Å². The lowest BCUT2D eigenvalue weighted by atomic mass is 10.1. The van der Waals surface area contributed by atoms with E-state index in [0.29, 0.717) is 5.56 Å². The van der Waals surface area contributed by atoms with Crippen LogP contribution in [0, 0.1) is 5.82 Å². The van der Waals surface area contributed by atoms with E-state index in [1.807, 2.05) is 0 Å². The molecule has 5 heteroatoms. The number of rotatable bonds is 3. The number of benzene rings is 1. The van der Waals surface area contributed by atoms with Crippen LogP contribution in [-0.4, -0.2) is 11.9 Å². The third-order valence-corrected chi connectivity index (χ3v) is 2.09. The summed E-state index contributed by atoms with van der Waals surface area (Å²) in [6.07, 6.45) is 0.259. The quantitative estimate of drug-likeness (QED) is 0.786. The Labute approximate surface area is 85.8 Å². The maximum atomic E-state index is 12.7. The Morgan fingerprint density at radius 1 is 1.57 bits per heavy atom. The largest absolute Gasteiger partial charge is 0.368 e. The van der Waals surface area contributed by atoms with E-state index in [4.69, 9.17) is 23.1 Å². The summed E-state index contributed by atoms with van der Waals surface area (Å²) >= 11 is 5.54. The molecule has 0 heterocycles. The van der Waals surface area contributed by atoms with Gasteiger partial charge in [0.05, 0.1) is 11.1 Å². The van der Waals surface area contributed by atoms with Gasteiger partial charge < -0.3 is 11.5 Å². The van der Waals surface area contributed by atoms with Crippen molar-refractivity contribution >= 4 is 17.5 Å². The second-order valence-corrected chi connectivity index (χ2v) is 3.37. The van der Waals surface area contributed by atoms with Crippen molar-refractivity contribution in [3.05, 3.63) is 34.6 Å². The van der Waals surface area contributed by atoms with Crippen LogP contribution in [0.5, 0.6) is 0 Å². The minimum absolute atomic E-state index is 0.0131. The van der Waals surface area contributed by atoms with E-state index >= 15 is 0 Å². The lowest BCUT2D eigenvalue weighted by molar-refractivity contribution is -0.119. The van der Waals surface area contributed by atoms with Crippen LogP contribution in [0.2, 0.25) is 5.02 Å². The highest BCUT2D eigenvalue weighted by Gasteiger charge is 2.10. The van der Waals surface area contributed by atoms with Crippen molar-refractivity contribution in [2.45, 2.75) is 12.5 Å². The van der Waals surface area contributed by atoms with Gasteiger partial charge in [-0.25, -0.2) is 4.39 Å². The molecule has 0 saturated heterocycles. The molecule has 0 aliphatic carbocycles. The van der Waals surface area contributed by atoms with Crippen LogP contribution in [-0.2, 0) is 11.2 Å². The molecular weight excluding hydrogens is 207 g/mol. The molecule has 76 valence electrons. The monoisotopic (exact) mass is 216 g/mol. The van der Waals surface area contributed by atoms with Crippen LogP contribution in [0.4, 0.5) is 4.39 Å². The molecule has 1 aromatic carbocycles. The number of hydrogen-bond donors (Lipinski definition) is 2. The van der Waals surface area contributed by atoms with Crippen LogP contribution in [0.3, 0.4) is 0 Å². The highest BCUT2D eigenvalue weighted by molar-refractivity contribution is 6.30. The number of primary amides is 1. The molecule has 0 saturated carbocycles. The molecule has 3 nitrogen and oxygen atoms in total. The van der Waals surface area contributed by atoms with Crippen LogP contribution in [0.15, 0.2) is 18.2 Å². The van der Waals surface area contributed by atoms with Gasteiger partial charge in [0.15, 0.2) is 0 Å². The predicted octanol–water partition coefficient (Wildman–Crippen LogP) is 0.834. The van der Waals surface area contributed by atoms with E-state index in [2.05, 4.69) is 0 Å². The van der Waals surface area contributed by atoms with Gasteiger partial charge in [0, 0.05) is 0 Å². The van der Waals surface area contributed by atoms with Gasteiger partial charge >= 0.3 is 0 Å². The SMILES string of the molecule is NC(=O)C(N)Cc1ccc(F)c(Cl)c1. The number of carbonyl (C=O) groups is 1. The number of carbonyl (C=O) groups excluding carboxylic acids is 1. The average Bonchev–Trinajstić information content (AvgIpc) is 2.11. The Morgan fingerprint density at radius 3 is 2.71 bits per heavy atom. The third kappa shape index (κ3) is 2.68. The molecule has 1 aromatic rings. The van der Waals surface area contributed by atoms with Crippen molar-refractivity contribution in [1.82, 2.24) is 0 Å². The van der Waals surface area contributed by atoms with E-state index in [1.165, 1.54) is 18.2 Å². The molecule has 14 heavy (non-hydrogen) atoms. The maximum Gasteiger partial charge on any atom is 0.234 e. The Balaban J connectivity index is 2.78. The molecule has 1 rings (SSSR count). The summed E-state index contributed by atoms with van der Waals surface area (Å²) in [6.45, 7) is 0. The zero-order valence-electron chi connectivity index (χ0n) is 7.34. The van der Waals surface area contributed by atoms with Crippen molar-refractivity contribution < 1.29 is 9.18 Å². The standard InChI is InChI=1S/C9H10ClFN2O/c10-6-3-5(1-2-7(6)11)4-8(12)9(13)14/h1-3,8H,4,12H2,(H2,13,14). The summed E-state index contributed by atoms with van der Waals surface area (Å²) < 4.78 is 12.7. The highest BCUT2D eigenvalue weighted by atomic mass is 35.5. The van der Waals surface area contributed by atoms with Gasteiger partial charge in [0.1, 0.15) is 5.82 Å². The Hall–Kier alpha value is -1.13. The normalized spacial score (nSPS) is 12.5. The van der Waals surface area contributed by atoms with Crippen molar-refractivity contribution in [3.8, 4) is 0 Å². The number of amides is 1. The molecule has 0 aromatic heterocycles. The minimum Gasteiger partial charge on any atom is -0.368 e. The smallest absolute Gasteiger partial charge is 0.234 e. The van der Waals surface area contributed by atoms with Crippen molar-refractivity contribution in [1.29, 1.82) is 0 Å². The van der Waals surface area contributed by atoms with E-state index < -0.39 is 17.8 Å². The molecule has 0 spiro atoms. The van der Waals surface area contributed by atoms with Gasteiger partial charge in [-0.1, -0.05) is 17.7 Å². The molecule has 0 fully saturated rings. The number of hydrogen-bond acceptors (Lipinski definition) is 2. The van der Waals surface area contributed by atoms with E-state index in [9.17, 15) is 9.18 Å². The molecule has 0 aliphatic heterocycles. The first-order chi connectivity index (χ1) is 6.50. The van der Waals surface area contributed by atoms with Crippen LogP contribution in [0.25, 0.3) is 0 Å². The average molecular weight is 217 g/mol. The van der Waals surface area contributed by atoms with Crippen molar-refractivity contribution in [2.75, 3.05) is 0 Å². The first kappa shape index (κ1) is 10.9. The summed E-state index contributed by atoms with van der Waals surface area (Å²) in [4.78, 5) is 10.6. The fourth-order valence-electron chi connectivity index (χ4n) is 1.02. The lowest BCUT2D eigenvalue weighted by Crippen LogP contribution is -2.38. The zero-order chi connectivity index (χ0) is 10.7. The molecule has 4 N–H and O–H groups in total. The summed E-state index contributed by atoms with van der Waals surface area (Å²) in [5.74, 6) is -1.09. The van der Waals surface area contributed by atoms with Crippen LogP contribution >= 0.6 is 11.6 Å². The zero-order valence-corrected chi connectivity index (χ0v) is 8.09. The molecule has 0 aliphatic rings. The first-order valence-electron chi connectivity index (χ1n) is 3.99. The van der Waals surface area contributed by atoms with Gasteiger partial charge in [0.25, 0.3) is 0 Å². The molecule has 1 atom stereocenters. The molecular formula is C9H10ClFN2O. The topological polar surface area (TPSA) is 69.1 Å². The van der Waals surface area contributed by atoms with Gasteiger partial charge in [0.2, 0.25) is 5.91 Å². The predicted molar refractivity (Wildman–Crippen MR) is 52.3 cm³/mol. The molecule has 1 unspecified atom stereocenters. The highest BCUT2D eigenvalue weighted by Crippen LogP contribution is 2.16. The summed E-state index contributed by atoms with van der Waals surface area (Å²) in [5.41, 5.74) is 11.1. The van der Waals surface area contributed by atoms with Crippen LogP contribution in [0.1, 0.15) is 5.56 Å². The minimum atomic E-state index is -0.767. The Kier molecular flexibility index (Phi) is 3.43. The Morgan fingerprint density at radius 2 is 2.21 bits per heavy atom. The van der Waals surface area contributed by atoms with Crippen LogP contribution < -0.4 is 11.5 Å². The fraction of sp³-hybridized carbons (Fsp3) is 0.222. The van der Waals surface area contributed by atoms with E-state index in [-0.39, 0.29) is 11.4 Å². The number of nitrogens with two attached hydrogens (primary N) is 2. The van der Waals surface area contributed by atoms with E-state index in [0.717, 1.165) is 0 Å². The van der Waals surface area contributed by atoms with Gasteiger partial charge in [-0.15, -0.1) is 0 Å². The van der Waals surface area contributed by atoms with Gasteiger partial charge in [-0.2, -0.15) is 0 Å². The summed E-state index contributed by atoms with van der Waals surface area (Å²) in [7, 11) is 0. The maximum absolute atomic E-state index is 12.7. The summed E-state index contributed by atoms with van der Waals surface area (Å²) in [6, 6.07) is 3.41. The van der Waals surface area contributed by atoms with Gasteiger partial charge in [-0.05, 0) is 24.1 Å². The van der Waals surface area contributed by atoms with Crippen molar-refractivity contribution in [3.63, 3.8) is 0 Å². The second-order valence-electron chi connectivity index (χ2n) is 2.96. The fourth-order valence-corrected chi connectivity index (χ4v) is 1.22. The molecule has 0 radical (unpaired) electrons. The Bertz CT molecular complexity index is 357. The lowest BCUT2D eigenvalue weighted by Gasteiger charge is -2.07. The number of halogens is 2. The van der Waals surface area contributed by atoms with Gasteiger partial charge in [-0.3, -0.25) is 4.79 Å². The third-order valence-electron chi connectivity index (χ3n) is 1.81. The second kappa shape index (κ2) is 4.39. The summed E-state index contributed by atoms with van der Waals surface area (Å²) in [5, 5.41) is 0.0131. The first-order valence-corrected chi connectivity index (χ1v) is 4.37.